The molecule has 0 aliphatic carbocycles. The van der Waals surface area contributed by atoms with Crippen LogP contribution in [0, 0.1) is 11.3 Å². The number of para-hydroxylation sites is 2. The monoisotopic (exact) mass is 430 g/mol. The number of carbonyl (C=O) groups is 1. The Hall–Kier alpha value is -3.83. The van der Waals surface area contributed by atoms with Crippen molar-refractivity contribution in [3.05, 3.63) is 88.6 Å². The van der Waals surface area contributed by atoms with Crippen LogP contribution in [0.3, 0.4) is 0 Å². The van der Waals surface area contributed by atoms with Gasteiger partial charge in [-0.25, -0.2) is 4.98 Å². The van der Waals surface area contributed by atoms with E-state index >= 15 is 0 Å². The minimum absolute atomic E-state index is 0.202. The largest absolute Gasteiger partial charge is 0.467 e. The van der Waals surface area contributed by atoms with Crippen LogP contribution in [0.1, 0.15) is 18.2 Å². The number of rotatable bonds is 6. The molecule has 0 saturated heterocycles. The van der Waals surface area contributed by atoms with Crippen molar-refractivity contribution >= 4 is 34.3 Å². The molecule has 1 atom stereocenters. The van der Waals surface area contributed by atoms with Crippen LogP contribution in [0.2, 0.25) is 0 Å². The summed E-state index contributed by atoms with van der Waals surface area (Å²) >= 11 is 1.18. The van der Waals surface area contributed by atoms with Gasteiger partial charge < -0.3 is 9.73 Å². The first-order valence-corrected chi connectivity index (χ1v) is 10.4. The van der Waals surface area contributed by atoms with Gasteiger partial charge in [0, 0.05) is 0 Å². The Kier molecular flexibility index (Phi) is 5.87. The number of fused-ring (bicyclic) bond motifs is 1. The highest BCUT2D eigenvalue weighted by Crippen LogP contribution is 2.25. The van der Waals surface area contributed by atoms with Gasteiger partial charge in [0.2, 0.25) is 5.91 Å². The second-order valence-electron chi connectivity index (χ2n) is 6.79. The van der Waals surface area contributed by atoms with E-state index in [9.17, 15) is 14.9 Å². The maximum absolute atomic E-state index is 13.1. The molecule has 8 heteroatoms. The quantitative estimate of drug-likeness (QED) is 0.366. The van der Waals surface area contributed by atoms with Crippen molar-refractivity contribution in [1.82, 2.24) is 9.55 Å². The number of furan rings is 1. The van der Waals surface area contributed by atoms with Crippen LogP contribution in [0.5, 0.6) is 0 Å². The molecule has 0 fully saturated rings. The lowest BCUT2D eigenvalue weighted by Gasteiger charge is -2.16. The highest BCUT2D eigenvalue weighted by molar-refractivity contribution is 8.00. The van der Waals surface area contributed by atoms with Gasteiger partial charge in [0.15, 0.2) is 5.16 Å². The van der Waals surface area contributed by atoms with Gasteiger partial charge in [0.25, 0.3) is 5.56 Å². The number of nitrogens with zero attached hydrogens (tertiary/aromatic N) is 3. The fourth-order valence-corrected chi connectivity index (χ4v) is 3.98. The van der Waals surface area contributed by atoms with Gasteiger partial charge in [-0.2, -0.15) is 5.26 Å². The van der Waals surface area contributed by atoms with E-state index in [0.717, 1.165) is 0 Å². The third-order valence-corrected chi connectivity index (χ3v) is 5.77. The summed E-state index contributed by atoms with van der Waals surface area (Å²) in [6.07, 6.45) is 1.55. The molecule has 2 aromatic heterocycles. The van der Waals surface area contributed by atoms with E-state index < -0.39 is 5.25 Å². The van der Waals surface area contributed by atoms with E-state index in [1.54, 1.807) is 67.8 Å². The van der Waals surface area contributed by atoms with Gasteiger partial charge in [0.1, 0.15) is 11.8 Å². The van der Waals surface area contributed by atoms with Crippen molar-refractivity contribution in [1.29, 1.82) is 5.26 Å². The Balaban J connectivity index is 1.65. The van der Waals surface area contributed by atoms with Crippen molar-refractivity contribution in [3.63, 3.8) is 0 Å². The molecule has 4 aromatic rings. The van der Waals surface area contributed by atoms with Gasteiger partial charge in [-0.05, 0) is 43.3 Å². The van der Waals surface area contributed by atoms with Gasteiger partial charge in [0.05, 0.1) is 40.2 Å². The molecule has 1 N–H and O–H groups in total. The van der Waals surface area contributed by atoms with Gasteiger partial charge >= 0.3 is 0 Å². The molecule has 1 unspecified atom stereocenters. The summed E-state index contributed by atoms with van der Waals surface area (Å²) in [6, 6.07) is 19.5. The molecule has 2 heterocycles. The molecule has 0 saturated carbocycles. The van der Waals surface area contributed by atoms with Gasteiger partial charge in [-0.15, -0.1) is 0 Å². The summed E-state index contributed by atoms with van der Waals surface area (Å²) in [5, 5.41) is 12.4. The predicted molar refractivity (Wildman–Crippen MR) is 119 cm³/mol. The molecule has 0 spiro atoms. The lowest BCUT2D eigenvalue weighted by Crippen LogP contribution is -2.27. The second kappa shape index (κ2) is 8.90. The Morgan fingerprint density at radius 2 is 1.97 bits per heavy atom. The summed E-state index contributed by atoms with van der Waals surface area (Å²) in [4.78, 5) is 30.6. The van der Waals surface area contributed by atoms with Gasteiger partial charge in [-0.3, -0.25) is 14.2 Å². The molecule has 0 aliphatic heterocycles. The van der Waals surface area contributed by atoms with Crippen molar-refractivity contribution in [3.8, 4) is 6.07 Å². The highest BCUT2D eigenvalue weighted by Gasteiger charge is 2.21. The molecule has 4 rings (SSSR count). The number of thioether (sulfide) groups is 1. The van der Waals surface area contributed by atoms with Crippen molar-refractivity contribution < 1.29 is 9.21 Å². The van der Waals surface area contributed by atoms with Gasteiger partial charge in [-0.1, -0.05) is 36.0 Å². The Labute approximate surface area is 182 Å². The van der Waals surface area contributed by atoms with Crippen molar-refractivity contribution in [2.45, 2.75) is 23.9 Å². The first kappa shape index (κ1) is 20.4. The Morgan fingerprint density at radius 3 is 2.74 bits per heavy atom. The highest BCUT2D eigenvalue weighted by atomic mass is 32.2. The van der Waals surface area contributed by atoms with Crippen LogP contribution in [-0.2, 0) is 11.3 Å². The zero-order chi connectivity index (χ0) is 21.8. The van der Waals surface area contributed by atoms with E-state index in [1.165, 1.54) is 16.3 Å². The van der Waals surface area contributed by atoms with Crippen LogP contribution in [0.15, 0.2) is 81.3 Å². The number of amides is 1. The minimum Gasteiger partial charge on any atom is -0.467 e. The fraction of sp³-hybridized carbons (Fsp3) is 0.130. The number of benzene rings is 2. The smallest absolute Gasteiger partial charge is 0.262 e. The number of nitriles is 1. The molecule has 1 amide bonds. The van der Waals surface area contributed by atoms with Crippen LogP contribution in [0.25, 0.3) is 10.9 Å². The molecule has 0 aliphatic rings. The minimum atomic E-state index is -0.567. The fourth-order valence-electron chi connectivity index (χ4n) is 3.07. The van der Waals surface area contributed by atoms with E-state index in [0.29, 0.717) is 33.1 Å². The van der Waals surface area contributed by atoms with Crippen molar-refractivity contribution in [2.75, 3.05) is 5.32 Å². The SMILES string of the molecule is CC(Sc1nc2ccccc2c(=O)n1Cc1ccco1)C(=O)Nc1ccccc1C#N. The van der Waals surface area contributed by atoms with Crippen LogP contribution in [-0.4, -0.2) is 20.7 Å². The van der Waals surface area contributed by atoms with E-state index in [-0.39, 0.29) is 18.0 Å². The lowest BCUT2D eigenvalue weighted by atomic mass is 10.2. The lowest BCUT2D eigenvalue weighted by molar-refractivity contribution is -0.115. The summed E-state index contributed by atoms with van der Waals surface area (Å²) in [5.41, 5.74) is 1.19. The molecule has 7 nitrogen and oxygen atoms in total. The van der Waals surface area contributed by atoms with Crippen molar-refractivity contribution in [2.24, 2.45) is 0 Å². The topological polar surface area (TPSA) is 101 Å². The summed E-state index contributed by atoms with van der Waals surface area (Å²) in [7, 11) is 0. The van der Waals surface area contributed by atoms with E-state index in [2.05, 4.69) is 16.4 Å². The van der Waals surface area contributed by atoms with Crippen LogP contribution < -0.4 is 10.9 Å². The Bertz CT molecular complexity index is 1340. The number of carbonyl (C=O) groups excluding carboxylic acids is 1. The third-order valence-electron chi connectivity index (χ3n) is 4.68. The predicted octanol–water partition coefficient (Wildman–Crippen LogP) is 4.03. The normalized spacial score (nSPS) is 11.7. The zero-order valence-corrected chi connectivity index (χ0v) is 17.4. The number of hydrogen-bond acceptors (Lipinski definition) is 6. The molecule has 154 valence electrons. The van der Waals surface area contributed by atoms with Crippen LogP contribution in [0.4, 0.5) is 5.69 Å². The summed E-state index contributed by atoms with van der Waals surface area (Å²) < 4.78 is 6.92. The second-order valence-corrected chi connectivity index (χ2v) is 8.10. The molecular weight excluding hydrogens is 412 g/mol. The number of hydrogen-bond donors (Lipinski definition) is 1. The summed E-state index contributed by atoms with van der Waals surface area (Å²) in [5.74, 6) is 0.320. The van der Waals surface area contributed by atoms with E-state index in [4.69, 9.17) is 4.42 Å². The molecular formula is C23H18N4O3S. The first-order valence-electron chi connectivity index (χ1n) is 9.55. The maximum atomic E-state index is 13.1. The first-order chi connectivity index (χ1) is 15.1. The molecule has 0 bridgehead atoms. The average molecular weight is 430 g/mol. The molecule has 2 aromatic carbocycles. The standard InChI is InChI=1S/C23H18N4O3S/c1-15(21(28)25-19-10-4-2-7-16(19)13-24)31-23-26-20-11-5-3-9-18(20)22(29)27(23)14-17-8-6-12-30-17/h2-12,15H,14H2,1H3,(H,25,28). The molecule has 0 radical (unpaired) electrons. The number of nitrogens with one attached hydrogen (secondary N) is 1. The third kappa shape index (κ3) is 4.37. The number of anilines is 1. The summed E-state index contributed by atoms with van der Waals surface area (Å²) in [6.45, 7) is 1.94. The Morgan fingerprint density at radius 1 is 1.19 bits per heavy atom. The maximum Gasteiger partial charge on any atom is 0.262 e. The number of aromatic nitrogens is 2. The van der Waals surface area contributed by atoms with Crippen LogP contribution >= 0.6 is 11.8 Å². The van der Waals surface area contributed by atoms with E-state index in [1.807, 2.05) is 6.07 Å². The zero-order valence-electron chi connectivity index (χ0n) is 16.6. The average Bonchev–Trinajstić information content (AvgIpc) is 3.30. The molecule has 31 heavy (non-hydrogen) atoms.